The quantitative estimate of drug-likeness (QED) is 0.539. The van der Waals surface area contributed by atoms with Crippen LogP contribution in [0.3, 0.4) is 0 Å². The molecule has 3 rings (SSSR count). The molecule has 0 atom stereocenters. The van der Waals surface area contributed by atoms with E-state index in [1.807, 2.05) is 24.3 Å². The number of benzene rings is 2. The molecule has 3 nitrogen and oxygen atoms in total. The van der Waals surface area contributed by atoms with E-state index < -0.39 is 11.7 Å². The summed E-state index contributed by atoms with van der Waals surface area (Å²) in [5, 5.41) is 6.39. The molecule has 0 saturated heterocycles. The molecule has 0 aliphatic carbocycles. The molecule has 0 amide bonds. The Morgan fingerprint density at radius 1 is 1.04 bits per heavy atom. The Balaban J connectivity index is 1.81. The van der Waals surface area contributed by atoms with Crippen LogP contribution in [0, 0.1) is 0 Å². The zero-order chi connectivity index (χ0) is 18.6. The number of nitrogens with one attached hydrogen (secondary N) is 2. The van der Waals surface area contributed by atoms with Crippen molar-refractivity contribution in [3.63, 3.8) is 0 Å². The van der Waals surface area contributed by atoms with E-state index in [0.29, 0.717) is 30.1 Å². The number of hydrogen-bond donors (Lipinski definition) is 3. The van der Waals surface area contributed by atoms with Crippen molar-refractivity contribution in [1.82, 2.24) is 5.32 Å². The number of fused-ring (bicyclic) bond motifs is 2. The van der Waals surface area contributed by atoms with Gasteiger partial charge in [-0.2, -0.15) is 13.2 Å². The molecule has 1 aliphatic rings. The third kappa shape index (κ3) is 4.52. The molecule has 1 heterocycles. The van der Waals surface area contributed by atoms with Crippen LogP contribution < -0.4 is 16.4 Å². The first-order chi connectivity index (χ1) is 12.5. The summed E-state index contributed by atoms with van der Waals surface area (Å²) in [6, 6.07) is 10.4. The van der Waals surface area contributed by atoms with Gasteiger partial charge in [-0.3, -0.25) is 0 Å². The van der Waals surface area contributed by atoms with Gasteiger partial charge in [0, 0.05) is 41.5 Å². The van der Waals surface area contributed by atoms with Gasteiger partial charge >= 0.3 is 6.18 Å². The zero-order valence-electron chi connectivity index (χ0n) is 14.3. The summed E-state index contributed by atoms with van der Waals surface area (Å²) < 4.78 is 39.9. The number of nitrogens with two attached hydrogens (primary N) is 1. The van der Waals surface area contributed by atoms with Gasteiger partial charge in [0.15, 0.2) is 0 Å². The first-order valence-corrected chi connectivity index (χ1v) is 9.45. The second kappa shape index (κ2) is 8.33. The largest absolute Gasteiger partial charge is 0.416 e. The molecule has 4 N–H and O–H groups in total. The summed E-state index contributed by atoms with van der Waals surface area (Å²) in [4.78, 5) is 1.71. The van der Waals surface area contributed by atoms with Gasteiger partial charge in [-0.05, 0) is 42.3 Å². The lowest BCUT2D eigenvalue weighted by atomic mass is 10.00. The summed E-state index contributed by atoms with van der Waals surface area (Å²) in [6.07, 6.45) is -2.90. The molecule has 140 valence electrons. The highest BCUT2D eigenvalue weighted by Gasteiger charge is 2.33. The minimum Gasteiger partial charge on any atom is -0.385 e. The first-order valence-electron chi connectivity index (χ1n) is 8.63. The number of anilines is 1. The normalized spacial score (nSPS) is 13.2. The maximum absolute atomic E-state index is 13.3. The molecule has 2 aromatic carbocycles. The second-order valence-electron chi connectivity index (χ2n) is 6.20. The fourth-order valence-corrected chi connectivity index (χ4v) is 4.11. The van der Waals surface area contributed by atoms with Crippen molar-refractivity contribution in [1.29, 1.82) is 0 Å². The van der Waals surface area contributed by atoms with Crippen molar-refractivity contribution in [2.45, 2.75) is 28.8 Å². The van der Waals surface area contributed by atoms with Crippen molar-refractivity contribution in [3.05, 3.63) is 53.1 Å². The van der Waals surface area contributed by atoms with Gasteiger partial charge in [-0.1, -0.05) is 30.0 Å². The van der Waals surface area contributed by atoms with Gasteiger partial charge in [-0.15, -0.1) is 0 Å². The summed E-state index contributed by atoms with van der Waals surface area (Å²) in [5.74, 6) is 0. The Hall–Kier alpha value is -1.70. The second-order valence-corrected chi connectivity index (χ2v) is 7.29. The van der Waals surface area contributed by atoms with Crippen molar-refractivity contribution in [2.75, 3.05) is 31.5 Å². The van der Waals surface area contributed by atoms with Crippen LogP contribution in [-0.2, 0) is 12.6 Å². The average molecular weight is 381 g/mol. The van der Waals surface area contributed by atoms with E-state index >= 15 is 0 Å². The van der Waals surface area contributed by atoms with Crippen LogP contribution in [0.4, 0.5) is 18.9 Å². The van der Waals surface area contributed by atoms with Gasteiger partial charge < -0.3 is 16.4 Å². The van der Waals surface area contributed by atoms with E-state index in [2.05, 4.69) is 10.6 Å². The van der Waals surface area contributed by atoms with Gasteiger partial charge in [0.1, 0.15) is 0 Å². The van der Waals surface area contributed by atoms with Crippen LogP contribution in [0.2, 0.25) is 0 Å². The standard InChI is InChI=1S/C19H22F3N3S/c20-19(21,22)14-11-16(25-8-3-7-24-9-6-23)15-10-13-4-1-2-5-17(13)26-18(15)12-14/h1-2,4-5,11-12,24-25H,3,6-10,23H2. The van der Waals surface area contributed by atoms with E-state index in [9.17, 15) is 13.2 Å². The smallest absolute Gasteiger partial charge is 0.385 e. The van der Waals surface area contributed by atoms with E-state index in [-0.39, 0.29) is 0 Å². The summed E-state index contributed by atoms with van der Waals surface area (Å²) in [6.45, 7) is 2.71. The highest BCUT2D eigenvalue weighted by molar-refractivity contribution is 7.99. The van der Waals surface area contributed by atoms with Crippen molar-refractivity contribution in [3.8, 4) is 0 Å². The topological polar surface area (TPSA) is 50.1 Å². The molecule has 2 aromatic rings. The van der Waals surface area contributed by atoms with Crippen molar-refractivity contribution >= 4 is 17.4 Å². The lowest BCUT2D eigenvalue weighted by molar-refractivity contribution is -0.137. The van der Waals surface area contributed by atoms with E-state index in [0.717, 1.165) is 35.5 Å². The van der Waals surface area contributed by atoms with Crippen LogP contribution >= 0.6 is 11.8 Å². The Kier molecular flexibility index (Phi) is 6.11. The SMILES string of the molecule is NCCNCCCNc1cc(C(F)(F)F)cc2c1Cc1ccccc1S2. The Morgan fingerprint density at radius 3 is 2.62 bits per heavy atom. The molecule has 0 aromatic heterocycles. The molecule has 0 bridgehead atoms. The van der Waals surface area contributed by atoms with Gasteiger partial charge in [0.05, 0.1) is 5.56 Å². The maximum Gasteiger partial charge on any atom is 0.416 e. The highest BCUT2D eigenvalue weighted by Crippen LogP contribution is 2.45. The zero-order valence-corrected chi connectivity index (χ0v) is 15.1. The average Bonchev–Trinajstić information content (AvgIpc) is 2.62. The van der Waals surface area contributed by atoms with Gasteiger partial charge in [0.2, 0.25) is 0 Å². The van der Waals surface area contributed by atoms with Crippen LogP contribution in [-0.4, -0.2) is 26.2 Å². The first kappa shape index (κ1) is 19.1. The fraction of sp³-hybridized carbons (Fsp3) is 0.368. The van der Waals surface area contributed by atoms with E-state index in [1.54, 1.807) is 0 Å². The molecule has 26 heavy (non-hydrogen) atoms. The van der Waals surface area contributed by atoms with Crippen LogP contribution in [0.25, 0.3) is 0 Å². The molecular formula is C19H22F3N3S. The number of rotatable bonds is 7. The van der Waals surface area contributed by atoms with Gasteiger partial charge in [-0.25, -0.2) is 0 Å². The summed E-state index contributed by atoms with van der Waals surface area (Å²) in [7, 11) is 0. The van der Waals surface area contributed by atoms with Crippen molar-refractivity contribution < 1.29 is 13.2 Å². The fourth-order valence-electron chi connectivity index (χ4n) is 2.96. The molecule has 7 heteroatoms. The molecule has 0 saturated carbocycles. The van der Waals surface area contributed by atoms with E-state index in [4.69, 9.17) is 5.73 Å². The van der Waals surface area contributed by atoms with E-state index in [1.165, 1.54) is 23.9 Å². The van der Waals surface area contributed by atoms with Crippen LogP contribution in [0.5, 0.6) is 0 Å². The third-order valence-electron chi connectivity index (χ3n) is 4.26. The highest BCUT2D eigenvalue weighted by atomic mass is 32.2. The molecule has 0 fully saturated rings. The number of alkyl halides is 3. The van der Waals surface area contributed by atoms with Gasteiger partial charge in [0.25, 0.3) is 0 Å². The Bertz CT molecular complexity index is 762. The van der Waals surface area contributed by atoms with Crippen molar-refractivity contribution in [2.24, 2.45) is 5.73 Å². The Labute approximate surface area is 155 Å². The lowest BCUT2D eigenvalue weighted by Gasteiger charge is -2.24. The Morgan fingerprint density at radius 2 is 1.85 bits per heavy atom. The third-order valence-corrected chi connectivity index (χ3v) is 5.47. The van der Waals surface area contributed by atoms with Crippen LogP contribution in [0.15, 0.2) is 46.2 Å². The molecule has 0 radical (unpaired) electrons. The molecule has 0 unspecified atom stereocenters. The number of halogens is 3. The summed E-state index contributed by atoms with van der Waals surface area (Å²) >= 11 is 1.41. The number of hydrogen-bond acceptors (Lipinski definition) is 4. The molecular weight excluding hydrogens is 359 g/mol. The monoisotopic (exact) mass is 381 g/mol. The maximum atomic E-state index is 13.3. The minimum absolute atomic E-state index is 0.575. The summed E-state index contributed by atoms with van der Waals surface area (Å²) in [5.41, 5.74) is 7.49. The van der Waals surface area contributed by atoms with Crippen LogP contribution in [0.1, 0.15) is 23.1 Å². The minimum atomic E-state index is -4.36. The predicted octanol–water partition coefficient (Wildman–Crippen LogP) is 4.11. The molecule has 1 aliphatic heterocycles. The molecule has 0 spiro atoms. The predicted molar refractivity (Wildman–Crippen MR) is 99.8 cm³/mol. The lowest BCUT2D eigenvalue weighted by Crippen LogP contribution is -2.24.